The molecule has 1 aliphatic heterocycles. The molecular formula is C17H28N2O2. The van der Waals surface area contributed by atoms with E-state index in [1.54, 1.807) is 0 Å². The molecule has 1 heterocycles. The van der Waals surface area contributed by atoms with Crippen molar-refractivity contribution in [2.24, 2.45) is 0 Å². The molecule has 4 nitrogen and oxygen atoms in total. The molecule has 3 rings (SSSR count). The van der Waals surface area contributed by atoms with Crippen LogP contribution in [0, 0.1) is 0 Å². The van der Waals surface area contributed by atoms with Crippen molar-refractivity contribution >= 4 is 11.8 Å². The zero-order valence-corrected chi connectivity index (χ0v) is 13.2. The fourth-order valence-electron chi connectivity index (χ4n) is 4.45. The first-order valence-corrected chi connectivity index (χ1v) is 8.74. The first-order valence-electron chi connectivity index (χ1n) is 8.74. The van der Waals surface area contributed by atoms with Gasteiger partial charge in [0.05, 0.1) is 0 Å². The monoisotopic (exact) mass is 292 g/mol. The molecule has 0 radical (unpaired) electrons. The average molecular weight is 292 g/mol. The van der Waals surface area contributed by atoms with Gasteiger partial charge in [0.15, 0.2) is 0 Å². The van der Waals surface area contributed by atoms with Crippen molar-refractivity contribution < 1.29 is 9.59 Å². The van der Waals surface area contributed by atoms with Crippen molar-refractivity contribution in [2.75, 3.05) is 0 Å². The summed E-state index contributed by atoms with van der Waals surface area (Å²) in [6, 6.07) is 0.617. The predicted octanol–water partition coefficient (Wildman–Crippen LogP) is 2.76. The SMILES string of the molecule is C[C@@]1(C(=O)NC2CCCC2)CCC(=O)N1C1CCCCC1. The molecule has 0 unspecified atom stereocenters. The van der Waals surface area contributed by atoms with Crippen LogP contribution in [0.25, 0.3) is 0 Å². The van der Waals surface area contributed by atoms with Crippen LogP contribution in [0.3, 0.4) is 0 Å². The van der Waals surface area contributed by atoms with Gasteiger partial charge < -0.3 is 10.2 Å². The van der Waals surface area contributed by atoms with E-state index in [2.05, 4.69) is 5.32 Å². The highest BCUT2D eigenvalue weighted by Gasteiger charge is 2.50. The maximum Gasteiger partial charge on any atom is 0.245 e. The second-order valence-corrected chi connectivity index (χ2v) is 7.28. The Morgan fingerprint density at radius 1 is 1.10 bits per heavy atom. The minimum absolute atomic E-state index is 0.0887. The predicted molar refractivity (Wildman–Crippen MR) is 81.8 cm³/mol. The third kappa shape index (κ3) is 2.82. The van der Waals surface area contributed by atoms with Gasteiger partial charge in [0.1, 0.15) is 5.54 Å². The molecule has 0 aromatic carbocycles. The lowest BCUT2D eigenvalue weighted by molar-refractivity contribution is -0.144. The summed E-state index contributed by atoms with van der Waals surface area (Å²) in [7, 11) is 0. The largest absolute Gasteiger partial charge is 0.351 e. The fourth-order valence-corrected chi connectivity index (χ4v) is 4.45. The number of carbonyl (C=O) groups is 2. The molecule has 21 heavy (non-hydrogen) atoms. The third-order valence-corrected chi connectivity index (χ3v) is 5.75. The van der Waals surface area contributed by atoms with E-state index >= 15 is 0 Å². The minimum Gasteiger partial charge on any atom is -0.351 e. The number of carbonyl (C=O) groups excluding carboxylic acids is 2. The molecule has 0 aromatic heterocycles. The number of nitrogens with one attached hydrogen (secondary N) is 1. The molecule has 1 atom stereocenters. The third-order valence-electron chi connectivity index (χ3n) is 5.75. The van der Waals surface area contributed by atoms with Gasteiger partial charge in [-0.15, -0.1) is 0 Å². The molecule has 0 aromatic rings. The maximum atomic E-state index is 12.8. The zero-order chi connectivity index (χ0) is 14.9. The van der Waals surface area contributed by atoms with Gasteiger partial charge in [-0.3, -0.25) is 9.59 Å². The molecule has 3 aliphatic rings. The van der Waals surface area contributed by atoms with Crippen LogP contribution in [-0.4, -0.2) is 34.3 Å². The summed E-state index contributed by atoms with van der Waals surface area (Å²) in [6.45, 7) is 1.98. The molecule has 3 fully saturated rings. The van der Waals surface area contributed by atoms with Gasteiger partial charge in [0.25, 0.3) is 0 Å². The Bertz CT molecular complexity index is 411. The van der Waals surface area contributed by atoms with E-state index in [1.807, 2.05) is 11.8 Å². The van der Waals surface area contributed by atoms with Gasteiger partial charge in [0, 0.05) is 18.5 Å². The molecule has 1 saturated heterocycles. The fraction of sp³-hybridized carbons (Fsp3) is 0.882. The molecule has 2 amide bonds. The average Bonchev–Trinajstić information content (AvgIpc) is 3.09. The summed E-state index contributed by atoms with van der Waals surface area (Å²) < 4.78 is 0. The van der Waals surface area contributed by atoms with Crippen molar-refractivity contribution in [3.63, 3.8) is 0 Å². The molecule has 2 saturated carbocycles. The molecule has 4 heteroatoms. The second kappa shape index (κ2) is 5.98. The molecular weight excluding hydrogens is 264 g/mol. The Kier molecular flexibility index (Phi) is 4.23. The van der Waals surface area contributed by atoms with Crippen molar-refractivity contribution in [3.8, 4) is 0 Å². The lowest BCUT2D eigenvalue weighted by Gasteiger charge is -2.41. The maximum absolute atomic E-state index is 12.8. The van der Waals surface area contributed by atoms with Gasteiger partial charge in [-0.2, -0.15) is 0 Å². The van der Waals surface area contributed by atoms with Crippen LogP contribution < -0.4 is 5.32 Å². The normalized spacial score (nSPS) is 31.9. The topological polar surface area (TPSA) is 49.4 Å². The first-order chi connectivity index (χ1) is 10.1. The van der Waals surface area contributed by atoms with Gasteiger partial charge in [-0.1, -0.05) is 32.1 Å². The van der Waals surface area contributed by atoms with Crippen molar-refractivity contribution in [1.29, 1.82) is 0 Å². The van der Waals surface area contributed by atoms with Crippen LogP contribution in [-0.2, 0) is 9.59 Å². The first kappa shape index (κ1) is 14.9. The molecule has 0 bridgehead atoms. The number of amides is 2. The summed E-state index contributed by atoms with van der Waals surface area (Å²) in [5, 5.41) is 3.22. The lowest BCUT2D eigenvalue weighted by Crippen LogP contribution is -2.59. The van der Waals surface area contributed by atoms with E-state index in [0.717, 1.165) is 25.7 Å². The Balaban J connectivity index is 1.73. The summed E-state index contributed by atoms with van der Waals surface area (Å²) in [4.78, 5) is 27.1. The number of hydrogen-bond donors (Lipinski definition) is 1. The standard InChI is InChI=1S/C17H28N2O2/c1-17(16(21)18-13-7-5-6-8-13)12-11-15(20)19(17)14-9-3-2-4-10-14/h13-14H,2-12H2,1H3,(H,18,21)/t17-/m0/s1. The van der Waals surface area contributed by atoms with E-state index in [1.165, 1.54) is 32.1 Å². The Labute approximate surface area is 127 Å². The van der Waals surface area contributed by atoms with Crippen molar-refractivity contribution in [3.05, 3.63) is 0 Å². The lowest BCUT2D eigenvalue weighted by atomic mass is 9.89. The van der Waals surface area contributed by atoms with Gasteiger partial charge in [-0.25, -0.2) is 0 Å². The van der Waals surface area contributed by atoms with E-state index in [4.69, 9.17) is 0 Å². The quantitative estimate of drug-likeness (QED) is 0.869. The van der Waals surface area contributed by atoms with Crippen LogP contribution in [0.4, 0.5) is 0 Å². The summed E-state index contributed by atoms with van der Waals surface area (Å²) in [5.74, 6) is 0.275. The number of hydrogen-bond acceptors (Lipinski definition) is 2. The molecule has 0 spiro atoms. The highest BCUT2D eigenvalue weighted by atomic mass is 16.2. The van der Waals surface area contributed by atoms with Crippen LogP contribution in [0.2, 0.25) is 0 Å². The highest BCUT2D eigenvalue weighted by Crippen LogP contribution is 2.37. The van der Waals surface area contributed by atoms with Gasteiger partial charge >= 0.3 is 0 Å². The number of rotatable bonds is 3. The number of likely N-dealkylation sites (tertiary alicyclic amines) is 1. The zero-order valence-electron chi connectivity index (χ0n) is 13.2. The van der Waals surface area contributed by atoms with Crippen LogP contribution in [0.5, 0.6) is 0 Å². The summed E-state index contributed by atoms with van der Waals surface area (Å²) in [5.41, 5.74) is -0.609. The van der Waals surface area contributed by atoms with E-state index in [-0.39, 0.29) is 17.9 Å². The van der Waals surface area contributed by atoms with Crippen LogP contribution in [0.15, 0.2) is 0 Å². The van der Waals surface area contributed by atoms with Crippen molar-refractivity contribution in [1.82, 2.24) is 10.2 Å². The summed E-state index contributed by atoms with van der Waals surface area (Å²) >= 11 is 0. The Hall–Kier alpha value is -1.06. The van der Waals surface area contributed by atoms with Crippen molar-refractivity contribution in [2.45, 2.75) is 95.2 Å². The smallest absolute Gasteiger partial charge is 0.245 e. The molecule has 1 N–H and O–H groups in total. The highest BCUT2D eigenvalue weighted by molar-refractivity contribution is 5.94. The number of nitrogens with zero attached hydrogens (tertiary/aromatic N) is 1. The summed E-state index contributed by atoms with van der Waals surface area (Å²) in [6.07, 6.45) is 11.6. The van der Waals surface area contributed by atoms with Gasteiger partial charge in [-0.05, 0) is 39.0 Å². The van der Waals surface area contributed by atoms with Crippen LogP contribution in [0.1, 0.15) is 77.6 Å². The Morgan fingerprint density at radius 2 is 1.71 bits per heavy atom. The van der Waals surface area contributed by atoms with E-state index in [0.29, 0.717) is 18.9 Å². The molecule has 118 valence electrons. The van der Waals surface area contributed by atoms with Gasteiger partial charge in [0.2, 0.25) is 11.8 Å². The second-order valence-electron chi connectivity index (χ2n) is 7.28. The molecule has 2 aliphatic carbocycles. The minimum atomic E-state index is -0.609. The van der Waals surface area contributed by atoms with E-state index in [9.17, 15) is 9.59 Å². The van der Waals surface area contributed by atoms with E-state index < -0.39 is 5.54 Å². The Morgan fingerprint density at radius 3 is 2.38 bits per heavy atom. The van der Waals surface area contributed by atoms with Crippen LogP contribution >= 0.6 is 0 Å².